The third-order valence-electron chi connectivity index (χ3n) is 6.14. The Balaban J connectivity index is 1.62. The minimum absolute atomic E-state index is 0.0728. The molecule has 0 radical (unpaired) electrons. The van der Waals surface area contributed by atoms with Crippen LogP contribution in [0.15, 0.2) is 42.6 Å². The van der Waals surface area contributed by atoms with E-state index < -0.39 is 11.7 Å². The standard InChI is InChI=1S/C27H27F3N2O6/c1-34-21-9-16(10-22(35-2)26(21)37-4)11-24(33)32-7-8-38-25-18(15-32)12-17(13-23(25)36-3)20-6-5-19(14-31-20)27(28,29)30/h5-6,9-10,12-14H,7-8,11,15H2,1-4H3. The van der Waals surface area contributed by atoms with Gasteiger partial charge < -0.3 is 28.6 Å². The summed E-state index contributed by atoms with van der Waals surface area (Å²) in [5.41, 5.74) is 1.36. The maximum absolute atomic E-state index is 13.3. The van der Waals surface area contributed by atoms with E-state index >= 15 is 0 Å². The summed E-state index contributed by atoms with van der Waals surface area (Å²) < 4.78 is 66.5. The lowest BCUT2D eigenvalue weighted by atomic mass is 10.0. The van der Waals surface area contributed by atoms with Crippen LogP contribution in [0.25, 0.3) is 11.3 Å². The lowest BCUT2D eigenvalue weighted by Crippen LogP contribution is -2.33. The van der Waals surface area contributed by atoms with Gasteiger partial charge in [0, 0.05) is 23.9 Å². The van der Waals surface area contributed by atoms with E-state index in [0.717, 1.165) is 12.3 Å². The van der Waals surface area contributed by atoms with Gasteiger partial charge in [0.2, 0.25) is 11.7 Å². The summed E-state index contributed by atoms with van der Waals surface area (Å²) in [5.74, 6) is 2.03. The second kappa shape index (κ2) is 11.1. The fourth-order valence-electron chi connectivity index (χ4n) is 4.25. The molecule has 4 rings (SSSR count). The van der Waals surface area contributed by atoms with Crippen molar-refractivity contribution < 1.29 is 41.7 Å². The van der Waals surface area contributed by atoms with Crippen molar-refractivity contribution in [3.63, 3.8) is 0 Å². The third kappa shape index (κ3) is 5.56. The zero-order valence-corrected chi connectivity index (χ0v) is 21.3. The lowest BCUT2D eigenvalue weighted by molar-refractivity contribution is -0.137. The Morgan fingerprint density at radius 3 is 2.21 bits per heavy atom. The van der Waals surface area contributed by atoms with Gasteiger partial charge in [-0.1, -0.05) is 0 Å². The van der Waals surface area contributed by atoms with E-state index in [9.17, 15) is 18.0 Å². The van der Waals surface area contributed by atoms with Gasteiger partial charge in [-0.2, -0.15) is 13.2 Å². The normalized spacial score (nSPS) is 13.2. The number of nitrogens with zero attached hydrogens (tertiary/aromatic N) is 2. The van der Waals surface area contributed by atoms with Crippen molar-refractivity contribution in [2.45, 2.75) is 19.1 Å². The number of amides is 1. The summed E-state index contributed by atoms with van der Waals surface area (Å²) in [7, 11) is 5.98. The lowest BCUT2D eigenvalue weighted by Gasteiger charge is -2.21. The SMILES string of the molecule is COc1cc(-c2ccc(C(F)(F)F)cn2)cc2c1OCCN(C(=O)Cc1cc(OC)c(OC)c(OC)c1)C2. The number of hydrogen-bond donors (Lipinski definition) is 0. The average molecular weight is 533 g/mol. The van der Waals surface area contributed by atoms with Gasteiger partial charge in [0.05, 0.1) is 52.7 Å². The number of carbonyl (C=O) groups is 1. The van der Waals surface area contributed by atoms with Crippen molar-refractivity contribution in [3.8, 4) is 40.0 Å². The number of carbonyl (C=O) groups excluding carboxylic acids is 1. The molecular weight excluding hydrogens is 505 g/mol. The highest BCUT2D eigenvalue weighted by Gasteiger charge is 2.31. The average Bonchev–Trinajstić information content (AvgIpc) is 3.14. The molecule has 1 aliphatic heterocycles. The molecule has 3 aromatic rings. The first kappa shape index (κ1) is 26.9. The van der Waals surface area contributed by atoms with E-state index in [1.54, 1.807) is 29.2 Å². The first-order chi connectivity index (χ1) is 18.2. The highest BCUT2D eigenvalue weighted by atomic mass is 19.4. The van der Waals surface area contributed by atoms with Gasteiger partial charge in [0.15, 0.2) is 23.0 Å². The number of rotatable bonds is 7. The van der Waals surface area contributed by atoms with E-state index in [4.69, 9.17) is 23.7 Å². The third-order valence-corrected chi connectivity index (χ3v) is 6.14. The molecular formula is C27H27F3N2O6. The summed E-state index contributed by atoms with van der Waals surface area (Å²) in [6.45, 7) is 0.778. The van der Waals surface area contributed by atoms with Crippen LogP contribution >= 0.6 is 0 Å². The largest absolute Gasteiger partial charge is 0.493 e. The maximum atomic E-state index is 13.3. The smallest absolute Gasteiger partial charge is 0.417 e. The predicted molar refractivity (Wildman–Crippen MR) is 132 cm³/mol. The van der Waals surface area contributed by atoms with Gasteiger partial charge in [-0.15, -0.1) is 0 Å². The molecule has 38 heavy (non-hydrogen) atoms. The van der Waals surface area contributed by atoms with Crippen molar-refractivity contribution in [1.29, 1.82) is 0 Å². The van der Waals surface area contributed by atoms with Gasteiger partial charge in [-0.25, -0.2) is 0 Å². The molecule has 0 N–H and O–H groups in total. The van der Waals surface area contributed by atoms with Crippen molar-refractivity contribution in [1.82, 2.24) is 9.88 Å². The Bertz CT molecular complexity index is 1290. The monoisotopic (exact) mass is 532 g/mol. The molecule has 11 heteroatoms. The fraction of sp³-hybridized carbons (Fsp3) is 0.333. The molecule has 1 aromatic heterocycles. The molecule has 2 heterocycles. The summed E-state index contributed by atoms with van der Waals surface area (Å²) in [6, 6.07) is 9.12. The summed E-state index contributed by atoms with van der Waals surface area (Å²) in [6.07, 6.45) is -3.62. The number of halogens is 3. The Kier molecular flexibility index (Phi) is 7.84. The quantitative estimate of drug-likeness (QED) is 0.434. The minimum Gasteiger partial charge on any atom is -0.493 e. The van der Waals surface area contributed by atoms with Crippen molar-refractivity contribution in [3.05, 3.63) is 59.3 Å². The number of alkyl halides is 3. The van der Waals surface area contributed by atoms with Crippen LogP contribution in [-0.2, 0) is 23.9 Å². The molecule has 0 bridgehead atoms. The van der Waals surface area contributed by atoms with Crippen LogP contribution in [-0.4, -0.2) is 57.4 Å². The van der Waals surface area contributed by atoms with Crippen molar-refractivity contribution in [2.75, 3.05) is 41.6 Å². The molecule has 0 unspecified atom stereocenters. The molecule has 0 saturated heterocycles. The van der Waals surface area contributed by atoms with Crippen molar-refractivity contribution >= 4 is 5.91 Å². The van der Waals surface area contributed by atoms with E-state index in [0.29, 0.717) is 57.7 Å². The molecule has 0 saturated carbocycles. The number of benzene rings is 2. The van der Waals surface area contributed by atoms with Gasteiger partial charge >= 0.3 is 6.18 Å². The predicted octanol–water partition coefficient (Wildman–Crippen LogP) is 4.77. The van der Waals surface area contributed by atoms with Crippen LogP contribution < -0.4 is 23.7 Å². The number of pyridine rings is 1. The van der Waals surface area contributed by atoms with E-state index in [2.05, 4.69) is 4.98 Å². The van der Waals surface area contributed by atoms with Gasteiger partial charge in [-0.3, -0.25) is 9.78 Å². The maximum Gasteiger partial charge on any atom is 0.417 e. The molecule has 2 aromatic carbocycles. The summed E-state index contributed by atoms with van der Waals surface area (Å²) in [4.78, 5) is 19.0. The second-order valence-corrected chi connectivity index (χ2v) is 8.47. The van der Waals surface area contributed by atoms with E-state index in [1.165, 1.54) is 34.5 Å². The fourth-order valence-corrected chi connectivity index (χ4v) is 4.25. The first-order valence-corrected chi connectivity index (χ1v) is 11.6. The number of ether oxygens (including phenoxy) is 5. The zero-order valence-electron chi connectivity index (χ0n) is 21.3. The Labute approximate surface area is 217 Å². The Morgan fingerprint density at radius 1 is 0.974 bits per heavy atom. The topological polar surface area (TPSA) is 79.4 Å². The van der Waals surface area contributed by atoms with E-state index in [-0.39, 0.29) is 25.5 Å². The van der Waals surface area contributed by atoms with Crippen LogP contribution in [0.5, 0.6) is 28.7 Å². The van der Waals surface area contributed by atoms with Crippen LogP contribution in [0.4, 0.5) is 13.2 Å². The van der Waals surface area contributed by atoms with Gasteiger partial charge in [-0.05, 0) is 42.0 Å². The van der Waals surface area contributed by atoms with Crippen LogP contribution in [0.1, 0.15) is 16.7 Å². The summed E-state index contributed by atoms with van der Waals surface area (Å²) in [5, 5.41) is 0. The van der Waals surface area contributed by atoms with Gasteiger partial charge in [0.25, 0.3) is 0 Å². The number of methoxy groups -OCH3 is 4. The van der Waals surface area contributed by atoms with Crippen molar-refractivity contribution in [2.24, 2.45) is 0 Å². The van der Waals surface area contributed by atoms with E-state index in [1.807, 2.05) is 0 Å². The van der Waals surface area contributed by atoms with Gasteiger partial charge in [0.1, 0.15) is 6.61 Å². The molecule has 0 atom stereocenters. The minimum atomic E-state index is -4.48. The molecule has 8 nitrogen and oxygen atoms in total. The Morgan fingerprint density at radius 2 is 1.66 bits per heavy atom. The molecule has 1 amide bonds. The zero-order chi connectivity index (χ0) is 27.4. The number of aromatic nitrogens is 1. The highest BCUT2D eigenvalue weighted by Crippen LogP contribution is 2.40. The molecule has 1 aliphatic rings. The second-order valence-electron chi connectivity index (χ2n) is 8.47. The van der Waals surface area contributed by atoms with Crippen LogP contribution in [0.3, 0.4) is 0 Å². The number of fused-ring (bicyclic) bond motifs is 1. The Hall–Kier alpha value is -4.15. The molecule has 202 valence electrons. The molecule has 0 fully saturated rings. The molecule has 0 spiro atoms. The molecule has 0 aliphatic carbocycles. The summed E-state index contributed by atoms with van der Waals surface area (Å²) >= 11 is 0. The van der Waals surface area contributed by atoms with Crippen LogP contribution in [0.2, 0.25) is 0 Å². The first-order valence-electron chi connectivity index (χ1n) is 11.6. The van der Waals surface area contributed by atoms with Crippen LogP contribution in [0, 0.1) is 0 Å². The highest BCUT2D eigenvalue weighted by molar-refractivity contribution is 5.80. The number of hydrogen-bond acceptors (Lipinski definition) is 7.